The molecule has 4 heteroatoms. The molecule has 4 nitrogen and oxygen atoms in total. The van der Waals surface area contributed by atoms with Crippen molar-refractivity contribution in [2.75, 3.05) is 4.90 Å². The molecular formula is C16H25N3O. The molecule has 0 bridgehead atoms. The molecular weight excluding hydrogens is 250 g/mol. The van der Waals surface area contributed by atoms with Crippen LogP contribution in [0.1, 0.15) is 51.2 Å². The van der Waals surface area contributed by atoms with E-state index in [1.54, 1.807) is 0 Å². The predicted octanol–water partition coefficient (Wildman–Crippen LogP) is 2.47. The fourth-order valence-electron chi connectivity index (χ4n) is 3.53. The van der Waals surface area contributed by atoms with Gasteiger partial charge in [-0.1, -0.05) is 19.1 Å². The van der Waals surface area contributed by atoms with Crippen LogP contribution in [0.5, 0.6) is 0 Å². The number of amides is 1. The summed E-state index contributed by atoms with van der Waals surface area (Å²) in [5, 5.41) is 0. The van der Waals surface area contributed by atoms with Gasteiger partial charge in [0.05, 0.1) is 0 Å². The average molecular weight is 275 g/mol. The first-order chi connectivity index (χ1) is 9.27. The van der Waals surface area contributed by atoms with Crippen molar-refractivity contribution < 1.29 is 4.79 Å². The van der Waals surface area contributed by atoms with Gasteiger partial charge in [-0.15, -0.1) is 0 Å². The summed E-state index contributed by atoms with van der Waals surface area (Å²) in [5.41, 5.74) is 5.87. The van der Waals surface area contributed by atoms with E-state index in [2.05, 4.69) is 56.2 Å². The predicted molar refractivity (Wildman–Crippen MR) is 82.6 cm³/mol. The van der Waals surface area contributed by atoms with Crippen LogP contribution in [0.25, 0.3) is 0 Å². The Morgan fingerprint density at radius 1 is 1.50 bits per heavy atom. The molecule has 0 spiro atoms. The highest BCUT2D eigenvalue weighted by Crippen LogP contribution is 2.44. The van der Waals surface area contributed by atoms with Crippen LogP contribution in [-0.2, 0) is 4.79 Å². The quantitative estimate of drug-likeness (QED) is 0.495. The summed E-state index contributed by atoms with van der Waals surface area (Å²) in [7, 11) is 0. The summed E-state index contributed by atoms with van der Waals surface area (Å²) < 4.78 is 0. The standard InChI is InChI=1S/C16H25N3O/c1-10-6-7-13-11(2)9-16(4,5)19(14(13)8-10)12(3)15(20)18-17/h6-8,11-12H,9,17H2,1-5H3,(H,18,20)/t11-,12+/m1/s1. The van der Waals surface area contributed by atoms with E-state index < -0.39 is 0 Å². The number of nitrogens with zero attached hydrogens (tertiary/aromatic N) is 1. The Balaban J connectivity index is 2.56. The van der Waals surface area contributed by atoms with Gasteiger partial charge in [0, 0.05) is 11.2 Å². The number of hydrazine groups is 1. The van der Waals surface area contributed by atoms with Crippen LogP contribution in [0.2, 0.25) is 0 Å². The van der Waals surface area contributed by atoms with Gasteiger partial charge in [0.25, 0.3) is 5.91 Å². The molecule has 2 atom stereocenters. The molecule has 1 amide bonds. The molecule has 3 N–H and O–H groups in total. The topological polar surface area (TPSA) is 58.4 Å². The molecule has 1 aliphatic heterocycles. The maximum absolute atomic E-state index is 12.0. The molecule has 0 aromatic heterocycles. The molecule has 20 heavy (non-hydrogen) atoms. The fraction of sp³-hybridized carbons (Fsp3) is 0.562. The average Bonchev–Trinajstić information content (AvgIpc) is 2.35. The van der Waals surface area contributed by atoms with Crippen LogP contribution in [0, 0.1) is 6.92 Å². The molecule has 110 valence electrons. The third kappa shape index (κ3) is 2.40. The lowest BCUT2D eigenvalue weighted by molar-refractivity contribution is -0.122. The number of rotatable bonds is 2. The zero-order valence-corrected chi connectivity index (χ0v) is 13.0. The number of aryl methyl sites for hydroxylation is 1. The van der Waals surface area contributed by atoms with Crippen LogP contribution in [0.15, 0.2) is 18.2 Å². The van der Waals surface area contributed by atoms with Crippen molar-refractivity contribution >= 4 is 11.6 Å². The van der Waals surface area contributed by atoms with Crippen LogP contribution in [0.3, 0.4) is 0 Å². The number of benzene rings is 1. The summed E-state index contributed by atoms with van der Waals surface area (Å²) in [4.78, 5) is 14.2. The molecule has 0 aliphatic carbocycles. The van der Waals surface area contributed by atoms with Crippen LogP contribution >= 0.6 is 0 Å². The van der Waals surface area contributed by atoms with Gasteiger partial charge in [-0.25, -0.2) is 5.84 Å². The highest BCUT2D eigenvalue weighted by Gasteiger charge is 2.40. The lowest BCUT2D eigenvalue weighted by atomic mass is 9.79. The van der Waals surface area contributed by atoms with Crippen molar-refractivity contribution in [1.82, 2.24) is 5.43 Å². The van der Waals surface area contributed by atoms with Crippen molar-refractivity contribution in [1.29, 1.82) is 0 Å². The number of carbonyl (C=O) groups is 1. The number of anilines is 1. The minimum atomic E-state index is -0.289. The minimum Gasteiger partial charge on any atom is -0.354 e. The summed E-state index contributed by atoms with van der Waals surface area (Å²) >= 11 is 0. The number of nitrogens with two attached hydrogens (primary N) is 1. The second-order valence-electron chi connectivity index (χ2n) is 6.53. The number of hydrogen-bond donors (Lipinski definition) is 2. The summed E-state index contributed by atoms with van der Waals surface area (Å²) in [5.74, 6) is 5.66. The van der Waals surface area contributed by atoms with Gasteiger partial charge in [-0.05, 0) is 57.2 Å². The summed E-state index contributed by atoms with van der Waals surface area (Å²) in [6.07, 6.45) is 1.02. The Labute approximate surface area is 121 Å². The lowest BCUT2D eigenvalue weighted by Crippen LogP contribution is -2.58. The molecule has 0 saturated carbocycles. The molecule has 1 aromatic carbocycles. The molecule has 0 saturated heterocycles. The van der Waals surface area contributed by atoms with Crippen molar-refractivity contribution in [3.05, 3.63) is 29.3 Å². The second-order valence-corrected chi connectivity index (χ2v) is 6.53. The van der Waals surface area contributed by atoms with Crippen molar-refractivity contribution in [3.63, 3.8) is 0 Å². The minimum absolute atomic E-state index is 0.0772. The van der Waals surface area contributed by atoms with Gasteiger partial charge in [0.1, 0.15) is 6.04 Å². The molecule has 0 unspecified atom stereocenters. The first-order valence-corrected chi connectivity index (χ1v) is 7.18. The van der Waals surface area contributed by atoms with E-state index >= 15 is 0 Å². The van der Waals surface area contributed by atoms with E-state index in [0.717, 1.165) is 12.1 Å². The van der Waals surface area contributed by atoms with Gasteiger partial charge >= 0.3 is 0 Å². The van der Waals surface area contributed by atoms with Gasteiger partial charge in [0.2, 0.25) is 0 Å². The maximum Gasteiger partial charge on any atom is 0.256 e. The second kappa shape index (κ2) is 5.09. The van der Waals surface area contributed by atoms with Gasteiger partial charge < -0.3 is 4.90 Å². The third-order valence-electron chi connectivity index (χ3n) is 4.34. The van der Waals surface area contributed by atoms with Crippen molar-refractivity contribution in [2.45, 2.75) is 58.5 Å². The highest BCUT2D eigenvalue weighted by molar-refractivity contribution is 5.85. The molecule has 1 heterocycles. The van der Waals surface area contributed by atoms with E-state index in [0.29, 0.717) is 5.92 Å². The number of fused-ring (bicyclic) bond motifs is 1. The van der Waals surface area contributed by atoms with E-state index in [-0.39, 0.29) is 17.5 Å². The molecule has 1 aromatic rings. The molecule has 1 aliphatic rings. The van der Waals surface area contributed by atoms with Gasteiger partial charge in [-0.3, -0.25) is 10.2 Å². The maximum atomic E-state index is 12.0. The normalized spacial score (nSPS) is 22.1. The van der Waals surface area contributed by atoms with E-state index in [1.165, 1.54) is 11.1 Å². The molecule has 2 rings (SSSR count). The first kappa shape index (κ1) is 14.9. The van der Waals surface area contributed by atoms with Gasteiger partial charge in [-0.2, -0.15) is 0 Å². The Hall–Kier alpha value is -1.55. The van der Waals surface area contributed by atoms with Crippen molar-refractivity contribution in [2.24, 2.45) is 5.84 Å². The molecule has 0 fully saturated rings. The Morgan fingerprint density at radius 2 is 2.15 bits per heavy atom. The summed E-state index contributed by atoms with van der Waals surface area (Å²) in [6, 6.07) is 6.21. The van der Waals surface area contributed by atoms with E-state index in [1.807, 2.05) is 6.92 Å². The number of hydrogen-bond acceptors (Lipinski definition) is 3. The smallest absolute Gasteiger partial charge is 0.256 e. The van der Waals surface area contributed by atoms with Crippen LogP contribution in [0.4, 0.5) is 5.69 Å². The highest BCUT2D eigenvalue weighted by atomic mass is 16.2. The lowest BCUT2D eigenvalue weighted by Gasteiger charge is -2.50. The van der Waals surface area contributed by atoms with E-state index in [4.69, 9.17) is 5.84 Å². The number of carbonyl (C=O) groups excluding carboxylic acids is 1. The first-order valence-electron chi connectivity index (χ1n) is 7.18. The van der Waals surface area contributed by atoms with Crippen LogP contribution in [-0.4, -0.2) is 17.5 Å². The summed E-state index contributed by atoms with van der Waals surface area (Å²) in [6.45, 7) is 10.6. The Morgan fingerprint density at radius 3 is 2.75 bits per heavy atom. The SMILES string of the molecule is Cc1ccc2c(c1)N([C@@H](C)C(=O)NN)C(C)(C)C[C@H]2C. The largest absolute Gasteiger partial charge is 0.354 e. The molecule has 0 radical (unpaired) electrons. The monoisotopic (exact) mass is 275 g/mol. The Kier molecular flexibility index (Phi) is 3.78. The van der Waals surface area contributed by atoms with Gasteiger partial charge in [0.15, 0.2) is 0 Å². The zero-order valence-electron chi connectivity index (χ0n) is 13.0. The third-order valence-corrected chi connectivity index (χ3v) is 4.34. The number of nitrogens with one attached hydrogen (secondary N) is 1. The van der Waals surface area contributed by atoms with Crippen LogP contribution < -0.4 is 16.2 Å². The Bertz CT molecular complexity index is 524. The fourth-order valence-corrected chi connectivity index (χ4v) is 3.53. The van der Waals surface area contributed by atoms with Crippen molar-refractivity contribution in [3.8, 4) is 0 Å². The van der Waals surface area contributed by atoms with E-state index in [9.17, 15) is 4.79 Å². The zero-order chi connectivity index (χ0) is 15.1.